The van der Waals surface area contributed by atoms with Gasteiger partial charge in [-0.3, -0.25) is 13.7 Å². The molecule has 0 spiro atoms. The van der Waals surface area contributed by atoms with Crippen LogP contribution in [-0.4, -0.2) is 88.4 Å². The van der Waals surface area contributed by atoms with Gasteiger partial charge in [0.2, 0.25) is 0 Å². The second-order valence-corrected chi connectivity index (χ2v) is 10.7. The molecule has 1 aromatic rings. The molecule has 178 valence electrons. The zero-order valence-electron chi connectivity index (χ0n) is 17.0. The molecule has 1 aromatic heterocycles. The maximum absolute atomic E-state index is 12.0. The SMILES string of the molecule is C[N+](C)(C)CCOP(=O)([O-])OP(=O)(O)OC[C@H]1O[C@@H](n2ccc(N)nc2=O)[C@@H](O)[C@@H]1O. The van der Waals surface area contributed by atoms with E-state index in [-0.39, 0.29) is 19.0 Å². The summed E-state index contributed by atoms with van der Waals surface area (Å²) in [7, 11) is -5.01. The average Bonchev–Trinajstić information content (AvgIpc) is 2.86. The number of likely N-dealkylation sites (N-methyl/N-ethyl adjacent to an activating group) is 1. The summed E-state index contributed by atoms with van der Waals surface area (Å²) < 4.78 is 43.4. The molecule has 1 aliphatic rings. The van der Waals surface area contributed by atoms with E-state index in [2.05, 4.69) is 18.3 Å². The standard InChI is InChI=1S/C14H26N4O11P2/c1-18(2,3)6-7-26-30(22,23)29-31(24,25)27-8-9-11(19)12(20)13(28-9)17-5-4-10(15)16-14(17)21/h4-5,9,11-13,19-20H,6-8H2,1-3H3,(H3-,15,16,21,22,23,24,25)/t9-,11-,12+,13-/m1/s1. The zero-order valence-corrected chi connectivity index (χ0v) is 18.8. The number of ether oxygens (including phenoxy) is 1. The number of nitrogen functional groups attached to an aromatic ring is 1. The number of nitrogens with zero attached hydrogens (tertiary/aromatic N) is 3. The van der Waals surface area contributed by atoms with Gasteiger partial charge in [-0.15, -0.1) is 0 Å². The fourth-order valence-corrected chi connectivity index (χ4v) is 4.51. The number of anilines is 1. The van der Waals surface area contributed by atoms with Gasteiger partial charge in [-0.05, 0) is 6.07 Å². The van der Waals surface area contributed by atoms with Crippen molar-refractivity contribution in [3.63, 3.8) is 0 Å². The number of aliphatic hydroxyl groups is 2. The highest BCUT2D eigenvalue weighted by molar-refractivity contribution is 7.60. The number of phosphoric ester groups is 2. The highest BCUT2D eigenvalue weighted by atomic mass is 31.3. The van der Waals surface area contributed by atoms with Crippen LogP contribution in [-0.2, 0) is 27.2 Å². The van der Waals surface area contributed by atoms with Crippen molar-refractivity contribution < 1.29 is 51.7 Å². The van der Waals surface area contributed by atoms with Gasteiger partial charge in [-0.2, -0.15) is 4.98 Å². The van der Waals surface area contributed by atoms with E-state index in [1.54, 1.807) is 21.1 Å². The normalized spacial score (nSPS) is 28.2. The molecule has 2 rings (SSSR count). The Balaban J connectivity index is 1.96. The van der Waals surface area contributed by atoms with Crippen LogP contribution in [0.2, 0.25) is 0 Å². The number of nitrogens with two attached hydrogens (primary N) is 1. The van der Waals surface area contributed by atoms with Gasteiger partial charge in [0.15, 0.2) is 6.23 Å². The summed E-state index contributed by atoms with van der Waals surface area (Å²) >= 11 is 0. The largest absolute Gasteiger partial charge is 0.756 e. The van der Waals surface area contributed by atoms with Crippen LogP contribution >= 0.6 is 15.6 Å². The minimum absolute atomic E-state index is 0.0711. The van der Waals surface area contributed by atoms with E-state index in [4.69, 9.17) is 10.5 Å². The van der Waals surface area contributed by atoms with Crippen molar-refractivity contribution in [1.29, 1.82) is 0 Å². The van der Waals surface area contributed by atoms with E-state index < -0.39 is 52.5 Å². The van der Waals surface area contributed by atoms with Gasteiger partial charge in [0.1, 0.15) is 37.3 Å². The predicted molar refractivity (Wildman–Crippen MR) is 102 cm³/mol. The molecule has 0 amide bonds. The maximum atomic E-state index is 12.0. The molecule has 31 heavy (non-hydrogen) atoms. The van der Waals surface area contributed by atoms with E-state index in [0.717, 1.165) is 4.57 Å². The second-order valence-electron chi connectivity index (χ2n) is 7.73. The average molecular weight is 488 g/mol. The van der Waals surface area contributed by atoms with Gasteiger partial charge in [-0.25, -0.2) is 13.7 Å². The highest BCUT2D eigenvalue weighted by Crippen LogP contribution is 2.58. The molecule has 6 atom stereocenters. The summed E-state index contributed by atoms with van der Waals surface area (Å²) in [6.07, 6.45) is -4.89. The summed E-state index contributed by atoms with van der Waals surface area (Å²) in [5.74, 6) is -0.0711. The number of aliphatic hydroxyl groups excluding tert-OH is 2. The van der Waals surface area contributed by atoms with Crippen LogP contribution in [0.4, 0.5) is 5.82 Å². The fraction of sp³-hybridized carbons (Fsp3) is 0.714. The van der Waals surface area contributed by atoms with Crippen LogP contribution in [0.3, 0.4) is 0 Å². The smallest absolute Gasteiger partial charge is 0.478 e. The third kappa shape index (κ3) is 7.70. The van der Waals surface area contributed by atoms with Crippen molar-refractivity contribution in [3.8, 4) is 0 Å². The first-order valence-corrected chi connectivity index (χ1v) is 11.9. The lowest BCUT2D eigenvalue weighted by Crippen LogP contribution is -2.37. The van der Waals surface area contributed by atoms with Gasteiger partial charge in [-0.1, -0.05) is 0 Å². The summed E-state index contributed by atoms with van der Waals surface area (Å²) in [5.41, 5.74) is 4.52. The maximum Gasteiger partial charge on any atom is 0.478 e. The molecule has 1 aliphatic heterocycles. The minimum Gasteiger partial charge on any atom is -0.756 e. The van der Waals surface area contributed by atoms with Crippen molar-refractivity contribution in [2.75, 3.05) is 46.6 Å². The molecule has 1 fully saturated rings. The zero-order chi connectivity index (χ0) is 23.6. The number of hydrogen-bond donors (Lipinski definition) is 4. The Labute approximate surface area is 177 Å². The number of phosphoric acid groups is 2. The molecule has 2 unspecified atom stereocenters. The van der Waals surface area contributed by atoms with Crippen LogP contribution in [0.25, 0.3) is 0 Å². The molecular formula is C14H26N4O11P2. The van der Waals surface area contributed by atoms with Crippen molar-refractivity contribution >= 4 is 21.5 Å². The third-order valence-corrected chi connectivity index (χ3v) is 6.68. The third-order valence-electron chi connectivity index (χ3n) is 4.08. The van der Waals surface area contributed by atoms with Crippen molar-refractivity contribution in [2.45, 2.75) is 24.5 Å². The predicted octanol–water partition coefficient (Wildman–Crippen LogP) is -2.23. The molecule has 0 saturated carbocycles. The van der Waals surface area contributed by atoms with Crippen LogP contribution in [0.1, 0.15) is 6.23 Å². The lowest BCUT2D eigenvalue weighted by Gasteiger charge is -2.28. The van der Waals surface area contributed by atoms with E-state index in [1.165, 1.54) is 12.3 Å². The Morgan fingerprint density at radius 1 is 1.29 bits per heavy atom. The summed E-state index contributed by atoms with van der Waals surface area (Å²) in [5, 5.41) is 20.2. The van der Waals surface area contributed by atoms with E-state index in [9.17, 15) is 33.9 Å². The van der Waals surface area contributed by atoms with Gasteiger partial charge < -0.3 is 39.5 Å². The first-order valence-electron chi connectivity index (χ1n) is 8.91. The number of hydrogen-bond acceptors (Lipinski definition) is 12. The number of rotatable bonds is 10. The molecule has 15 nitrogen and oxygen atoms in total. The quantitative estimate of drug-likeness (QED) is 0.203. The molecule has 1 saturated heterocycles. The van der Waals surface area contributed by atoms with Gasteiger partial charge in [0.05, 0.1) is 27.7 Å². The molecule has 0 bridgehead atoms. The Morgan fingerprint density at radius 3 is 2.52 bits per heavy atom. The van der Waals surface area contributed by atoms with Crippen LogP contribution in [0, 0.1) is 0 Å². The number of aromatic nitrogens is 2. The number of quaternary nitrogens is 1. The summed E-state index contributed by atoms with van der Waals surface area (Å²) in [6, 6.07) is 1.26. The van der Waals surface area contributed by atoms with Crippen LogP contribution in [0.15, 0.2) is 17.1 Å². The molecule has 5 N–H and O–H groups in total. The highest BCUT2D eigenvalue weighted by Gasteiger charge is 2.45. The van der Waals surface area contributed by atoms with Gasteiger partial charge in [0.25, 0.3) is 7.82 Å². The van der Waals surface area contributed by atoms with Crippen LogP contribution in [0.5, 0.6) is 0 Å². The van der Waals surface area contributed by atoms with Crippen molar-refractivity contribution in [1.82, 2.24) is 9.55 Å². The van der Waals surface area contributed by atoms with Crippen molar-refractivity contribution in [3.05, 3.63) is 22.7 Å². The second kappa shape index (κ2) is 9.73. The molecule has 2 heterocycles. The lowest BCUT2D eigenvalue weighted by atomic mass is 10.1. The Kier molecular flexibility index (Phi) is 8.17. The van der Waals surface area contributed by atoms with Gasteiger partial charge >= 0.3 is 13.5 Å². The topological polar surface area (TPSA) is 216 Å². The van der Waals surface area contributed by atoms with Gasteiger partial charge in [0, 0.05) is 6.20 Å². The van der Waals surface area contributed by atoms with E-state index >= 15 is 0 Å². The first-order chi connectivity index (χ1) is 14.1. The molecule has 0 aliphatic carbocycles. The first kappa shape index (κ1) is 26.0. The molecule has 17 heteroatoms. The monoisotopic (exact) mass is 488 g/mol. The fourth-order valence-electron chi connectivity index (χ4n) is 2.48. The Hall–Kier alpha value is -1.22. The Bertz CT molecular complexity index is 920. The summed E-state index contributed by atoms with van der Waals surface area (Å²) in [4.78, 5) is 36.7. The lowest BCUT2D eigenvalue weighted by molar-refractivity contribution is -0.870. The molecule has 0 radical (unpaired) electrons. The Morgan fingerprint density at radius 2 is 1.94 bits per heavy atom. The van der Waals surface area contributed by atoms with E-state index in [1.807, 2.05) is 0 Å². The minimum atomic E-state index is -5.18. The molecular weight excluding hydrogens is 462 g/mol. The van der Waals surface area contributed by atoms with Crippen molar-refractivity contribution in [2.24, 2.45) is 0 Å². The van der Waals surface area contributed by atoms with Crippen LogP contribution < -0.4 is 16.3 Å². The summed E-state index contributed by atoms with van der Waals surface area (Å²) in [6.45, 7) is -0.877. The molecule has 0 aromatic carbocycles. The van der Waals surface area contributed by atoms with E-state index in [0.29, 0.717) is 4.48 Å².